The summed E-state index contributed by atoms with van der Waals surface area (Å²) in [5.41, 5.74) is 0.850. The van der Waals surface area contributed by atoms with E-state index in [9.17, 15) is 4.39 Å². The molecule has 1 rings (SSSR count). The highest BCUT2D eigenvalue weighted by molar-refractivity contribution is 6.31. The summed E-state index contributed by atoms with van der Waals surface area (Å²) in [4.78, 5) is 0. The highest BCUT2D eigenvalue weighted by atomic mass is 35.5. The monoisotopic (exact) mass is 269 g/mol. The number of benzene rings is 1. The normalized spacial score (nSPS) is 12.4. The molecule has 0 aliphatic heterocycles. The zero-order valence-corrected chi connectivity index (χ0v) is 11.6. The van der Waals surface area contributed by atoms with E-state index in [4.69, 9.17) is 11.6 Å². The van der Waals surface area contributed by atoms with Gasteiger partial charge in [-0.15, -0.1) is 6.58 Å². The Hall–Kier alpha value is -0.860. The van der Waals surface area contributed by atoms with E-state index in [1.54, 1.807) is 6.07 Å². The van der Waals surface area contributed by atoms with Gasteiger partial charge < -0.3 is 5.32 Å². The largest absolute Gasteiger partial charge is 0.313 e. The molecule has 0 spiro atoms. The third-order valence-electron chi connectivity index (χ3n) is 3.11. The van der Waals surface area contributed by atoms with Gasteiger partial charge in [-0.05, 0) is 37.9 Å². The van der Waals surface area contributed by atoms with E-state index < -0.39 is 0 Å². The number of rotatable bonds is 8. The smallest absolute Gasteiger partial charge is 0.142 e. The first kappa shape index (κ1) is 15.2. The van der Waals surface area contributed by atoms with Crippen LogP contribution >= 0.6 is 11.6 Å². The van der Waals surface area contributed by atoms with Crippen molar-refractivity contribution in [2.45, 2.75) is 38.1 Å². The van der Waals surface area contributed by atoms with Crippen LogP contribution in [0.15, 0.2) is 30.9 Å². The summed E-state index contributed by atoms with van der Waals surface area (Å²) in [5.74, 6) is -0.346. The second-order valence-electron chi connectivity index (χ2n) is 4.41. The van der Waals surface area contributed by atoms with Gasteiger partial charge >= 0.3 is 0 Å². The zero-order chi connectivity index (χ0) is 13.4. The van der Waals surface area contributed by atoms with Crippen LogP contribution in [-0.4, -0.2) is 7.05 Å². The van der Waals surface area contributed by atoms with Crippen LogP contribution in [0.5, 0.6) is 0 Å². The van der Waals surface area contributed by atoms with Crippen LogP contribution in [0, 0.1) is 5.82 Å². The molecule has 1 N–H and O–H groups in total. The molecule has 0 aliphatic rings. The van der Waals surface area contributed by atoms with Gasteiger partial charge in [-0.3, -0.25) is 0 Å². The first-order valence-corrected chi connectivity index (χ1v) is 6.80. The fraction of sp³-hybridized carbons (Fsp3) is 0.467. The molecule has 100 valence electrons. The molecule has 0 aromatic heterocycles. The Balaban J connectivity index is 2.55. The average molecular weight is 270 g/mol. The Morgan fingerprint density at radius 3 is 2.83 bits per heavy atom. The highest BCUT2D eigenvalue weighted by Gasteiger charge is 2.14. The van der Waals surface area contributed by atoms with Crippen molar-refractivity contribution in [2.24, 2.45) is 0 Å². The Kier molecular flexibility index (Phi) is 6.99. The summed E-state index contributed by atoms with van der Waals surface area (Å²) in [6, 6.07) is 5.11. The summed E-state index contributed by atoms with van der Waals surface area (Å²) < 4.78 is 13.4. The quantitative estimate of drug-likeness (QED) is 0.524. The van der Waals surface area contributed by atoms with Gasteiger partial charge in [0.05, 0.1) is 5.02 Å². The lowest BCUT2D eigenvalue weighted by Crippen LogP contribution is -2.17. The molecule has 1 unspecified atom stereocenters. The van der Waals surface area contributed by atoms with Crippen molar-refractivity contribution in [3.05, 3.63) is 47.3 Å². The Bertz CT molecular complexity index is 379. The maximum absolute atomic E-state index is 13.4. The second-order valence-corrected chi connectivity index (χ2v) is 4.79. The van der Waals surface area contributed by atoms with Crippen LogP contribution in [0.2, 0.25) is 5.02 Å². The van der Waals surface area contributed by atoms with Crippen LogP contribution in [0.25, 0.3) is 0 Å². The third-order valence-corrected chi connectivity index (χ3v) is 3.51. The van der Waals surface area contributed by atoms with E-state index >= 15 is 0 Å². The zero-order valence-electron chi connectivity index (χ0n) is 10.9. The van der Waals surface area contributed by atoms with Crippen LogP contribution in [0.4, 0.5) is 4.39 Å². The summed E-state index contributed by atoms with van der Waals surface area (Å²) >= 11 is 6.00. The molecule has 0 fully saturated rings. The van der Waals surface area contributed by atoms with Crippen molar-refractivity contribution < 1.29 is 4.39 Å². The molecule has 0 saturated carbocycles. The molecule has 0 bridgehead atoms. The topological polar surface area (TPSA) is 12.0 Å². The number of hydrogen-bond acceptors (Lipinski definition) is 1. The molecule has 0 heterocycles. The summed E-state index contributed by atoms with van der Waals surface area (Å²) in [5, 5.41) is 3.44. The van der Waals surface area contributed by atoms with Gasteiger partial charge in [0.1, 0.15) is 5.82 Å². The Morgan fingerprint density at radius 2 is 2.17 bits per heavy atom. The van der Waals surface area contributed by atoms with E-state index in [0.717, 1.165) is 37.7 Å². The number of halogens is 2. The predicted octanol–water partition coefficient (Wildman–Crippen LogP) is 4.88. The van der Waals surface area contributed by atoms with Crippen molar-refractivity contribution in [1.82, 2.24) is 5.32 Å². The fourth-order valence-corrected chi connectivity index (χ4v) is 2.32. The fourth-order valence-electron chi connectivity index (χ4n) is 2.06. The number of allylic oxidation sites excluding steroid dienone is 1. The second kappa shape index (κ2) is 8.28. The van der Waals surface area contributed by atoms with E-state index in [1.807, 2.05) is 19.2 Å². The summed E-state index contributed by atoms with van der Waals surface area (Å²) in [6.45, 7) is 3.71. The van der Waals surface area contributed by atoms with Crippen LogP contribution < -0.4 is 5.32 Å². The first-order chi connectivity index (χ1) is 8.70. The van der Waals surface area contributed by atoms with Crippen LogP contribution in [0.1, 0.15) is 43.7 Å². The van der Waals surface area contributed by atoms with Gasteiger partial charge in [-0.25, -0.2) is 4.39 Å². The number of hydrogen-bond donors (Lipinski definition) is 1. The number of unbranched alkanes of at least 4 members (excludes halogenated alkanes) is 3. The van der Waals surface area contributed by atoms with E-state index in [-0.39, 0.29) is 16.9 Å². The van der Waals surface area contributed by atoms with Crippen LogP contribution in [0.3, 0.4) is 0 Å². The van der Waals surface area contributed by atoms with Gasteiger partial charge in [0.15, 0.2) is 0 Å². The Labute approximate surface area is 114 Å². The van der Waals surface area contributed by atoms with Gasteiger partial charge in [-0.2, -0.15) is 0 Å². The highest BCUT2D eigenvalue weighted by Crippen LogP contribution is 2.28. The SMILES string of the molecule is C=CCCCCCC(NC)c1cccc(F)c1Cl. The van der Waals surface area contributed by atoms with Gasteiger partial charge in [0.2, 0.25) is 0 Å². The minimum Gasteiger partial charge on any atom is -0.313 e. The molecule has 1 aromatic rings. The van der Waals surface area contributed by atoms with Gasteiger partial charge in [0.25, 0.3) is 0 Å². The van der Waals surface area contributed by atoms with Crippen molar-refractivity contribution >= 4 is 11.6 Å². The lowest BCUT2D eigenvalue weighted by atomic mass is 10.00. The predicted molar refractivity (Wildman–Crippen MR) is 76.5 cm³/mol. The molecule has 18 heavy (non-hydrogen) atoms. The lowest BCUT2D eigenvalue weighted by molar-refractivity contribution is 0.504. The van der Waals surface area contributed by atoms with Crippen molar-refractivity contribution in [1.29, 1.82) is 0 Å². The van der Waals surface area contributed by atoms with Gasteiger partial charge in [0, 0.05) is 6.04 Å². The standard InChI is InChI=1S/C15H21ClFN/c1-3-4-5-6-7-11-14(18-2)12-9-8-10-13(17)15(12)16/h3,8-10,14,18H,1,4-7,11H2,2H3. The van der Waals surface area contributed by atoms with Gasteiger partial charge in [-0.1, -0.05) is 42.7 Å². The molecule has 0 aliphatic carbocycles. The maximum atomic E-state index is 13.4. The molecule has 0 amide bonds. The van der Waals surface area contributed by atoms with Crippen LogP contribution in [-0.2, 0) is 0 Å². The third kappa shape index (κ3) is 4.43. The molecular weight excluding hydrogens is 249 g/mol. The molecule has 3 heteroatoms. The molecular formula is C15H21ClFN. The molecule has 0 radical (unpaired) electrons. The van der Waals surface area contributed by atoms with E-state index in [1.165, 1.54) is 6.07 Å². The first-order valence-electron chi connectivity index (χ1n) is 6.42. The van der Waals surface area contributed by atoms with E-state index in [0.29, 0.717) is 0 Å². The minimum atomic E-state index is -0.346. The molecule has 1 atom stereocenters. The number of nitrogens with one attached hydrogen (secondary N) is 1. The average Bonchev–Trinajstić information content (AvgIpc) is 2.38. The lowest BCUT2D eigenvalue weighted by Gasteiger charge is -2.18. The van der Waals surface area contributed by atoms with E-state index in [2.05, 4.69) is 11.9 Å². The Morgan fingerprint density at radius 1 is 1.39 bits per heavy atom. The molecule has 0 saturated heterocycles. The maximum Gasteiger partial charge on any atom is 0.142 e. The molecule has 1 nitrogen and oxygen atoms in total. The summed E-state index contributed by atoms with van der Waals surface area (Å²) in [7, 11) is 1.88. The van der Waals surface area contributed by atoms with Crippen molar-refractivity contribution in [2.75, 3.05) is 7.05 Å². The molecule has 1 aromatic carbocycles. The van der Waals surface area contributed by atoms with Crippen molar-refractivity contribution in [3.63, 3.8) is 0 Å². The van der Waals surface area contributed by atoms with Crippen molar-refractivity contribution in [3.8, 4) is 0 Å². The minimum absolute atomic E-state index is 0.122. The summed E-state index contributed by atoms with van der Waals surface area (Å²) in [6.07, 6.45) is 7.40.